The number of hydrogen-bond acceptors (Lipinski definition) is 5. The number of rotatable bonds is 3. The number of hydrogen-bond donors (Lipinski definition) is 2. The van der Waals surface area contributed by atoms with Crippen molar-refractivity contribution < 1.29 is 9.63 Å². The molecule has 3 aromatic rings. The molecular weight excluding hydrogens is 334 g/mol. The van der Waals surface area contributed by atoms with E-state index in [9.17, 15) is 5.11 Å². The first-order valence-electron chi connectivity index (χ1n) is 6.27. The Bertz CT molecular complexity index is 749. The smallest absolute Gasteiger partial charge is 0.258 e. The second-order valence-corrected chi connectivity index (χ2v) is 5.55. The first-order chi connectivity index (χ1) is 10.1. The van der Waals surface area contributed by atoms with Crippen LogP contribution in [0.5, 0.6) is 5.75 Å². The van der Waals surface area contributed by atoms with E-state index in [2.05, 4.69) is 26.1 Å². The highest BCUT2D eigenvalue weighted by molar-refractivity contribution is 9.10. The summed E-state index contributed by atoms with van der Waals surface area (Å²) in [6.45, 7) is 0. The van der Waals surface area contributed by atoms with Crippen LogP contribution >= 0.6 is 15.9 Å². The summed E-state index contributed by atoms with van der Waals surface area (Å²) < 4.78 is 6.13. The molecule has 3 rings (SSSR count). The molecule has 0 atom stereocenters. The lowest BCUT2D eigenvalue weighted by atomic mass is 10.1. The van der Waals surface area contributed by atoms with Crippen LogP contribution in [0.15, 0.2) is 51.5 Å². The summed E-state index contributed by atoms with van der Waals surface area (Å²) in [7, 11) is 0. The standard InChI is InChI=1S/C15H12BrN3O2/c16-11-6-10(7-12(17)8-11)15-18-14(19-21-15)5-9-1-3-13(20)4-2-9/h1-4,6-8,20H,5,17H2. The third-order valence-electron chi connectivity index (χ3n) is 2.93. The Morgan fingerprint density at radius 2 is 1.90 bits per heavy atom. The highest BCUT2D eigenvalue weighted by atomic mass is 79.9. The number of anilines is 1. The molecule has 0 radical (unpaired) electrons. The number of aromatic nitrogens is 2. The van der Waals surface area contributed by atoms with Crippen LogP contribution < -0.4 is 5.73 Å². The molecule has 0 unspecified atom stereocenters. The van der Waals surface area contributed by atoms with Gasteiger partial charge in [0.05, 0.1) is 0 Å². The second-order valence-electron chi connectivity index (χ2n) is 4.63. The van der Waals surface area contributed by atoms with Crippen LogP contribution in [0, 0.1) is 0 Å². The predicted octanol–water partition coefficient (Wildman–Crippen LogP) is 3.38. The fourth-order valence-electron chi connectivity index (χ4n) is 1.98. The van der Waals surface area contributed by atoms with Crippen molar-refractivity contribution in [1.29, 1.82) is 0 Å². The number of phenolic OH excluding ortho intramolecular Hbond substituents is 1. The fraction of sp³-hybridized carbons (Fsp3) is 0.0667. The zero-order valence-electron chi connectivity index (χ0n) is 11.0. The summed E-state index contributed by atoms with van der Waals surface area (Å²) in [4.78, 5) is 4.36. The average molecular weight is 346 g/mol. The van der Waals surface area contributed by atoms with E-state index >= 15 is 0 Å². The van der Waals surface area contributed by atoms with E-state index in [1.807, 2.05) is 18.2 Å². The van der Waals surface area contributed by atoms with Gasteiger partial charge in [-0.25, -0.2) is 0 Å². The summed E-state index contributed by atoms with van der Waals surface area (Å²) in [5.74, 6) is 1.24. The van der Waals surface area contributed by atoms with Crippen molar-refractivity contribution in [2.24, 2.45) is 0 Å². The summed E-state index contributed by atoms with van der Waals surface area (Å²) in [6, 6.07) is 12.4. The largest absolute Gasteiger partial charge is 0.508 e. The lowest BCUT2D eigenvalue weighted by molar-refractivity contribution is 0.424. The van der Waals surface area contributed by atoms with Gasteiger partial charge in [-0.2, -0.15) is 4.98 Å². The van der Waals surface area contributed by atoms with Gasteiger partial charge in [0.2, 0.25) is 0 Å². The van der Waals surface area contributed by atoms with E-state index in [-0.39, 0.29) is 5.75 Å². The molecule has 0 fully saturated rings. The first kappa shape index (κ1) is 13.6. The second kappa shape index (κ2) is 5.57. The molecule has 0 bridgehead atoms. The average Bonchev–Trinajstić information content (AvgIpc) is 2.89. The monoisotopic (exact) mass is 345 g/mol. The van der Waals surface area contributed by atoms with E-state index < -0.39 is 0 Å². The third kappa shape index (κ3) is 3.22. The van der Waals surface area contributed by atoms with Crippen molar-refractivity contribution >= 4 is 21.6 Å². The Morgan fingerprint density at radius 3 is 2.62 bits per heavy atom. The minimum atomic E-state index is 0.233. The van der Waals surface area contributed by atoms with Crippen molar-refractivity contribution in [2.45, 2.75) is 6.42 Å². The van der Waals surface area contributed by atoms with E-state index in [1.54, 1.807) is 24.3 Å². The molecule has 6 heteroatoms. The van der Waals surface area contributed by atoms with Crippen LogP contribution in [0.25, 0.3) is 11.5 Å². The maximum absolute atomic E-state index is 9.26. The molecule has 1 aromatic heterocycles. The van der Waals surface area contributed by atoms with Crippen LogP contribution in [0.3, 0.4) is 0 Å². The normalized spacial score (nSPS) is 10.7. The van der Waals surface area contributed by atoms with Gasteiger partial charge in [-0.1, -0.05) is 33.2 Å². The molecule has 0 aliphatic heterocycles. The Kier molecular flexibility index (Phi) is 3.62. The zero-order valence-corrected chi connectivity index (χ0v) is 12.5. The molecular formula is C15H12BrN3O2. The number of nitrogens with two attached hydrogens (primary N) is 1. The van der Waals surface area contributed by atoms with Crippen molar-refractivity contribution in [3.8, 4) is 17.2 Å². The van der Waals surface area contributed by atoms with Gasteiger partial charge in [0.15, 0.2) is 5.82 Å². The number of nitrogens with zero attached hydrogens (tertiary/aromatic N) is 2. The summed E-state index contributed by atoms with van der Waals surface area (Å²) >= 11 is 3.38. The van der Waals surface area contributed by atoms with E-state index in [0.717, 1.165) is 15.6 Å². The van der Waals surface area contributed by atoms with Crippen LogP contribution in [-0.4, -0.2) is 15.2 Å². The molecule has 0 spiro atoms. The van der Waals surface area contributed by atoms with Crippen molar-refractivity contribution in [1.82, 2.24) is 10.1 Å². The SMILES string of the molecule is Nc1cc(Br)cc(-c2nc(Cc3ccc(O)cc3)no2)c1. The van der Waals surface area contributed by atoms with Crippen LogP contribution in [-0.2, 0) is 6.42 Å². The number of halogens is 1. The Balaban J connectivity index is 1.84. The van der Waals surface area contributed by atoms with E-state index in [1.165, 1.54) is 0 Å². The number of nitrogen functional groups attached to an aromatic ring is 1. The maximum Gasteiger partial charge on any atom is 0.258 e. The van der Waals surface area contributed by atoms with Crippen LogP contribution in [0.4, 0.5) is 5.69 Å². The minimum Gasteiger partial charge on any atom is -0.508 e. The first-order valence-corrected chi connectivity index (χ1v) is 7.06. The Labute approximate surface area is 129 Å². The van der Waals surface area contributed by atoms with Gasteiger partial charge in [-0.3, -0.25) is 0 Å². The molecule has 0 saturated carbocycles. The highest BCUT2D eigenvalue weighted by Gasteiger charge is 2.10. The molecule has 0 saturated heterocycles. The van der Waals surface area contributed by atoms with Crippen molar-refractivity contribution in [3.63, 3.8) is 0 Å². The Morgan fingerprint density at radius 1 is 1.14 bits per heavy atom. The van der Waals surface area contributed by atoms with Crippen molar-refractivity contribution in [2.75, 3.05) is 5.73 Å². The highest BCUT2D eigenvalue weighted by Crippen LogP contribution is 2.25. The quantitative estimate of drug-likeness (QED) is 0.710. The van der Waals surface area contributed by atoms with E-state index in [0.29, 0.717) is 23.8 Å². The molecule has 0 amide bonds. The van der Waals surface area contributed by atoms with Gasteiger partial charge >= 0.3 is 0 Å². The number of benzene rings is 2. The van der Waals surface area contributed by atoms with Crippen molar-refractivity contribution in [3.05, 3.63) is 58.3 Å². The lowest BCUT2D eigenvalue weighted by Crippen LogP contribution is -1.91. The molecule has 0 aliphatic rings. The molecule has 5 nitrogen and oxygen atoms in total. The fourth-order valence-corrected chi connectivity index (χ4v) is 2.49. The zero-order chi connectivity index (χ0) is 14.8. The molecule has 1 heterocycles. The molecule has 0 aliphatic carbocycles. The maximum atomic E-state index is 9.26. The number of phenols is 1. The minimum absolute atomic E-state index is 0.233. The summed E-state index contributed by atoms with van der Waals surface area (Å²) in [6.07, 6.45) is 0.535. The number of aromatic hydroxyl groups is 1. The van der Waals surface area contributed by atoms with E-state index in [4.69, 9.17) is 10.3 Å². The van der Waals surface area contributed by atoms with Gasteiger partial charge in [-0.05, 0) is 35.9 Å². The molecule has 106 valence electrons. The molecule has 2 aromatic carbocycles. The van der Waals surface area contributed by atoms with Gasteiger partial charge in [0, 0.05) is 22.1 Å². The Hall–Kier alpha value is -2.34. The lowest BCUT2D eigenvalue weighted by Gasteiger charge is -1.98. The summed E-state index contributed by atoms with van der Waals surface area (Å²) in [5, 5.41) is 13.2. The molecule has 21 heavy (non-hydrogen) atoms. The van der Waals surface area contributed by atoms with Gasteiger partial charge < -0.3 is 15.4 Å². The van der Waals surface area contributed by atoms with Gasteiger partial charge in [0.1, 0.15) is 5.75 Å². The van der Waals surface area contributed by atoms with Crippen LogP contribution in [0.2, 0.25) is 0 Å². The topological polar surface area (TPSA) is 85.2 Å². The molecule has 3 N–H and O–H groups in total. The van der Waals surface area contributed by atoms with Gasteiger partial charge in [0.25, 0.3) is 5.89 Å². The van der Waals surface area contributed by atoms with Gasteiger partial charge in [-0.15, -0.1) is 0 Å². The predicted molar refractivity (Wildman–Crippen MR) is 82.8 cm³/mol. The summed E-state index contributed by atoms with van der Waals surface area (Å²) in [5.41, 5.74) is 8.18. The third-order valence-corrected chi connectivity index (χ3v) is 3.39. The van der Waals surface area contributed by atoms with Crippen LogP contribution in [0.1, 0.15) is 11.4 Å².